The molecule has 1 fully saturated rings. The second kappa shape index (κ2) is 6.73. The van der Waals surface area contributed by atoms with E-state index in [9.17, 15) is 4.79 Å². The standard InChI is InChI=1S/C20H23N3OS/c1-3-15-4-6-16(7-5-15)11-22(18-8-9-18)12-17-10-19(24)23-14(2)13-25-20(23)21-17/h4-7,10,13,18H,3,8-9,11-12H2,1-2H3. The van der Waals surface area contributed by atoms with Crippen molar-refractivity contribution in [1.82, 2.24) is 14.3 Å². The van der Waals surface area contributed by atoms with Crippen molar-refractivity contribution in [2.75, 3.05) is 0 Å². The van der Waals surface area contributed by atoms with Crippen LogP contribution in [0.3, 0.4) is 0 Å². The van der Waals surface area contributed by atoms with Gasteiger partial charge < -0.3 is 0 Å². The van der Waals surface area contributed by atoms with Gasteiger partial charge in [-0.2, -0.15) is 0 Å². The summed E-state index contributed by atoms with van der Waals surface area (Å²) in [6, 6.07) is 11.2. The monoisotopic (exact) mass is 353 g/mol. The van der Waals surface area contributed by atoms with Gasteiger partial charge in [-0.25, -0.2) is 4.98 Å². The van der Waals surface area contributed by atoms with Gasteiger partial charge in [-0.3, -0.25) is 14.1 Å². The summed E-state index contributed by atoms with van der Waals surface area (Å²) in [6.45, 7) is 5.78. The molecule has 4 rings (SSSR count). The van der Waals surface area contributed by atoms with Crippen LogP contribution in [0.25, 0.3) is 4.96 Å². The lowest BCUT2D eigenvalue weighted by atomic mass is 10.1. The van der Waals surface area contributed by atoms with Crippen molar-refractivity contribution < 1.29 is 0 Å². The van der Waals surface area contributed by atoms with Crippen molar-refractivity contribution in [3.05, 3.63) is 68.6 Å². The highest BCUT2D eigenvalue weighted by Crippen LogP contribution is 2.29. The molecule has 0 spiro atoms. The maximum absolute atomic E-state index is 12.4. The summed E-state index contributed by atoms with van der Waals surface area (Å²) in [5.74, 6) is 0. The third kappa shape index (κ3) is 3.53. The van der Waals surface area contributed by atoms with Gasteiger partial charge in [-0.15, -0.1) is 11.3 Å². The summed E-state index contributed by atoms with van der Waals surface area (Å²) in [7, 11) is 0. The van der Waals surface area contributed by atoms with Crippen LogP contribution in [0.1, 0.15) is 42.3 Å². The molecule has 1 aliphatic carbocycles. The zero-order valence-electron chi connectivity index (χ0n) is 14.7. The topological polar surface area (TPSA) is 37.6 Å². The first-order chi connectivity index (χ1) is 12.1. The van der Waals surface area contributed by atoms with Crippen LogP contribution in [0.5, 0.6) is 0 Å². The van der Waals surface area contributed by atoms with Crippen LogP contribution in [0.15, 0.2) is 40.5 Å². The molecule has 2 aromatic heterocycles. The summed E-state index contributed by atoms with van der Waals surface area (Å²) >= 11 is 1.53. The number of rotatable bonds is 6. The number of thiazole rings is 1. The average molecular weight is 353 g/mol. The molecule has 1 aliphatic rings. The first-order valence-electron chi connectivity index (χ1n) is 8.92. The van der Waals surface area contributed by atoms with Gasteiger partial charge in [0.15, 0.2) is 4.96 Å². The average Bonchev–Trinajstić information content (AvgIpc) is 3.39. The lowest BCUT2D eigenvalue weighted by Crippen LogP contribution is -2.27. The Morgan fingerprint density at radius 3 is 2.60 bits per heavy atom. The second-order valence-corrected chi connectivity index (χ2v) is 7.72. The van der Waals surface area contributed by atoms with E-state index in [4.69, 9.17) is 4.98 Å². The minimum Gasteiger partial charge on any atom is -0.290 e. The zero-order chi connectivity index (χ0) is 17.4. The maximum atomic E-state index is 12.4. The van der Waals surface area contributed by atoms with E-state index in [2.05, 4.69) is 36.1 Å². The van der Waals surface area contributed by atoms with Crippen molar-refractivity contribution in [3.63, 3.8) is 0 Å². The smallest absolute Gasteiger partial charge is 0.259 e. The summed E-state index contributed by atoms with van der Waals surface area (Å²) < 4.78 is 1.69. The van der Waals surface area contributed by atoms with Crippen molar-refractivity contribution >= 4 is 16.3 Å². The van der Waals surface area contributed by atoms with Crippen LogP contribution >= 0.6 is 11.3 Å². The molecule has 0 N–H and O–H groups in total. The highest BCUT2D eigenvalue weighted by atomic mass is 32.1. The lowest BCUT2D eigenvalue weighted by Gasteiger charge is -2.21. The fraction of sp³-hybridized carbons (Fsp3) is 0.400. The van der Waals surface area contributed by atoms with Gasteiger partial charge in [0.25, 0.3) is 5.56 Å². The second-order valence-electron chi connectivity index (χ2n) is 6.89. The molecule has 0 atom stereocenters. The molecular weight excluding hydrogens is 330 g/mol. The Hall–Kier alpha value is -1.98. The predicted octanol–water partition coefficient (Wildman–Crippen LogP) is 3.79. The van der Waals surface area contributed by atoms with Crippen molar-refractivity contribution in [3.8, 4) is 0 Å². The van der Waals surface area contributed by atoms with Gasteiger partial charge in [0.2, 0.25) is 0 Å². The van der Waals surface area contributed by atoms with Crippen LogP contribution in [-0.2, 0) is 19.5 Å². The minimum absolute atomic E-state index is 0.0294. The van der Waals surface area contributed by atoms with E-state index in [0.29, 0.717) is 6.04 Å². The van der Waals surface area contributed by atoms with Crippen LogP contribution in [0.4, 0.5) is 0 Å². The van der Waals surface area contributed by atoms with E-state index in [1.54, 1.807) is 10.5 Å². The Balaban J connectivity index is 1.56. The molecular formula is C20H23N3OS. The van der Waals surface area contributed by atoms with Crippen LogP contribution in [0.2, 0.25) is 0 Å². The normalized spacial score (nSPS) is 14.5. The maximum Gasteiger partial charge on any atom is 0.259 e. The molecule has 4 nitrogen and oxygen atoms in total. The molecule has 3 aromatic rings. The number of hydrogen-bond donors (Lipinski definition) is 0. The van der Waals surface area contributed by atoms with Gasteiger partial charge in [-0.05, 0) is 37.3 Å². The third-order valence-corrected chi connectivity index (χ3v) is 5.82. The lowest BCUT2D eigenvalue weighted by molar-refractivity contribution is 0.243. The molecule has 2 heterocycles. The van der Waals surface area contributed by atoms with E-state index in [-0.39, 0.29) is 5.56 Å². The highest BCUT2D eigenvalue weighted by molar-refractivity contribution is 7.15. The van der Waals surface area contributed by atoms with Crippen LogP contribution in [-0.4, -0.2) is 20.3 Å². The highest BCUT2D eigenvalue weighted by Gasteiger charge is 2.29. The molecule has 5 heteroatoms. The summed E-state index contributed by atoms with van der Waals surface area (Å²) in [5, 5.41) is 1.99. The van der Waals surface area contributed by atoms with Crippen LogP contribution in [0, 0.1) is 6.92 Å². The van der Waals surface area contributed by atoms with E-state index >= 15 is 0 Å². The van der Waals surface area contributed by atoms with Crippen molar-refractivity contribution in [1.29, 1.82) is 0 Å². The summed E-state index contributed by atoms with van der Waals surface area (Å²) in [6.07, 6.45) is 3.56. The summed E-state index contributed by atoms with van der Waals surface area (Å²) in [5.41, 5.74) is 4.56. The van der Waals surface area contributed by atoms with E-state index in [1.807, 2.05) is 12.3 Å². The molecule has 0 aliphatic heterocycles. The number of aromatic nitrogens is 2. The van der Waals surface area contributed by atoms with E-state index < -0.39 is 0 Å². The quantitative estimate of drug-likeness (QED) is 0.677. The number of hydrogen-bond acceptors (Lipinski definition) is 4. The molecule has 1 saturated carbocycles. The molecule has 25 heavy (non-hydrogen) atoms. The van der Waals surface area contributed by atoms with Gasteiger partial charge in [0.1, 0.15) is 0 Å². The Labute approximate surface area is 151 Å². The van der Waals surface area contributed by atoms with Gasteiger partial charge in [0, 0.05) is 36.3 Å². The summed E-state index contributed by atoms with van der Waals surface area (Å²) in [4.78, 5) is 20.4. The Morgan fingerprint density at radius 1 is 1.20 bits per heavy atom. The molecule has 130 valence electrons. The predicted molar refractivity (Wildman–Crippen MR) is 102 cm³/mol. The van der Waals surface area contributed by atoms with Gasteiger partial charge in [0.05, 0.1) is 5.69 Å². The van der Waals surface area contributed by atoms with E-state index in [0.717, 1.165) is 35.9 Å². The molecule has 0 bridgehead atoms. The zero-order valence-corrected chi connectivity index (χ0v) is 15.6. The minimum atomic E-state index is 0.0294. The number of nitrogens with zero attached hydrogens (tertiary/aromatic N) is 3. The van der Waals surface area contributed by atoms with Gasteiger partial charge in [-0.1, -0.05) is 31.2 Å². The van der Waals surface area contributed by atoms with Crippen LogP contribution < -0.4 is 5.56 Å². The Morgan fingerprint density at radius 2 is 1.92 bits per heavy atom. The largest absolute Gasteiger partial charge is 0.290 e. The van der Waals surface area contributed by atoms with Gasteiger partial charge >= 0.3 is 0 Å². The first-order valence-corrected chi connectivity index (χ1v) is 9.80. The Bertz CT molecular complexity index is 938. The molecule has 0 amide bonds. The molecule has 0 saturated heterocycles. The molecule has 1 aromatic carbocycles. The fourth-order valence-corrected chi connectivity index (χ4v) is 4.15. The fourth-order valence-electron chi connectivity index (χ4n) is 3.26. The van der Waals surface area contributed by atoms with Crippen molar-refractivity contribution in [2.24, 2.45) is 0 Å². The third-order valence-electron chi connectivity index (χ3n) is 4.87. The Kier molecular flexibility index (Phi) is 4.44. The first kappa shape index (κ1) is 16.5. The molecule has 0 unspecified atom stereocenters. The number of fused-ring (bicyclic) bond motifs is 1. The number of benzene rings is 1. The SMILES string of the molecule is CCc1ccc(CN(Cc2cc(=O)n3c(C)csc3n2)C2CC2)cc1. The number of aryl methyl sites for hydroxylation is 2. The molecule has 0 radical (unpaired) electrons. The van der Waals surface area contributed by atoms with Crippen molar-refractivity contribution in [2.45, 2.75) is 52.2 Å². The van der Waals surface area contributed by atoms with E-state index in [1.165, 1.54) is 35.3 Å².